The minimum atomic E-state index is -0.278. The Bertz CT molecular complexity index is 1180. The zero-order chi connectivity index (χ0) is 19.1. The maximum absolute atomic E-state index is 13.2. The van der Waals surface area contributed by atoms with Gasteiger partial charge in [0.25, 0.3) is 0 Å². The second kappa shape index (κ2) is 6.61. The smallest absolute Gasteiger partial charge is 0.212 e. The van der Waals surface area contributed by atoms with E-state index in [4.69, 9.17) is 5.73 Å². The normalized spacial score (nSPS) is 13.2. The maximum Gasteiger partial charge on any atom is 0.212 e. The molecule has 5 rings (SSSR count). The predicted octanol–water partition coefficient (Wildman–Crippen LogP) is 3.21. The molecule has 2 aromatic heterocycles. The molecule has 0 radical (unpaired) electrons. The van der Waals surface area contributed by atoms with Crippen LogP contribution in [0.5, 0.6) is 0 Å². The highest BCUT2D eigenvalue weighted by atomic mass is 32.2. The van der Waals surface area contributed by atoms with E-state index in [1.165, 1.54) is 23.9 Å². The van der Waals surface area contributed by atoms with Crippen LogP contribution in [-0.4, -0.2) is 36.1 Å². The van der Waals surface area contributed by atoms with E-state index in [1.807, 2.05) is 30.3 Å². The van der Waals surface area contributed by atoms with Crippen molar-refractivity contribution in [2.24, 2.45) is 5.10 Å². The fraction of sp³-hybridized carbons (Fsp3) is 0.0526. The van der Waals surface area contributed by atoms with Crippen molar-refractivity contribution in [1.82, 2.24) is 24.7 Å². The molecule has 1 aliphatic heterocycles. The molecule has 28 heavy (non-hydrogen) atoms. The van der Waals surface area contributed by atoms with Crippen molar-refractivity contribution in [3.05, 3.63) is 72.2 Å². The van der Waals surface area contributed by atoms with Gasteiger partial charge >= 0.3 is 0 Å². The number of fused-ring (bicyclic) bond motifs is 1. The Balaban J connectivity index is 1.58. The third-order valence-electron chi connectivity index (χ3n) is 4.40. The van der Waals surface area contributed by atoms with Crippen LogP contribution < -0.4 is 5.73 Å². The first-order chi connectivity index (χ1) is 13.7. The van der Waals surface area contributed by atoms with Gasteiger partial charge < -0.3 is 5.73 Å². The van der Waals surface area contributed by atoms with Gasteiger partial charge in [0.1, 0.15) is 11.6 Å². The van der Waals surface area contributed by atoms with Gasteiger partial charge in [0.2, 0.25) is 5.16 Å². The van der Waals surface area contributed by atoms with E-state index in [9.17, 15) is 4.39 Å². The molecule has 2 aromatic carbocycles. The molecule has 138 valence electrons. The summed E-state index contributed by atoms with van der Waals surface area (Å²) in [7, 11) is 0. The second-order valence-corrected chi connectivity index (χ2v) is 7.09. The Labute approximate surface area is 163 Å². The summed E-state index contributed by atoms with van der Waals surface area (Å²) in [5.74, 6) is 1.32. The predicted molar refractivity (Wildman–Crippen MR) is 106 cm³/mol. The van der Waals surface area contributed by atoms with Gasteiger partial charge in [-0.05, 0) is 29.8 Å². The molecular formula is C19H14FN7S. The van der Waals surface area contributed by atoms with E-state index in [0.29, 0.717) is 28.1 Å². The highest BCUT2D eigenvalue weighted by Gasteiger charge is 2.23. The van der Waals surface area contributed by atoms with Crippen LogP contribution in [0.25, 0.3) is 17.1 Å². The van der Waals surface area contributed by atoms with Gasteiger partial charge in [-0.2, -0.15) is 14.9 Å². The molecule has 0 atom stereocenters. The zero-order valence-corrected chi connectivity index (χ0v) is 15.3. The van der Waals surface area contributed by atoms with Crippen molar-refractivity contribution in [3.8, 4) is 17.1 Å². The summed E-state index contributed by atoms with van der Waals surface area (Å²) < 4.78 is 16.5. The molecule has 0 bridgehead atoms. The molecular weight excluding hydrogens is 377 g/mol. The molecule has 0 spiro atoms. The van der Waals surface area contributed by atoms with Crippen molar-refractivity contribution >= 4 is 23.3 Å². The largest absolute Gasteiger partial charge is 0.383 e. The molecule has 9 heteroatoms. The average molecular weight is 391 g/mol. The van der Waals surface area contributed by atoms with Crippen molar-refractivity contribution in [3.63, 3.8) is 0 Å². The number of hydrogen-bond acceptors (Lipinski definition) is 6. The van der Waals surface area contributed by atoms with Crippen LogP contribution in [0.3, 0.4) is 0 Å². The molecule has 7 nitrogen and oxygen atoms in total. The number of hydrogen-bond donors (Lipinski definition) is 1. The monoisotopic (exact) mass is 391 g/mol. The Morgan fingerprint density at radius 3 is 2.57 bits per heavy atom. The maximum atomic E-state index is 13.2. The molecule has 3 heterocycles. The van der Waals surface area contributed by atoms with Gasteiger partial charge in [0.05, 0.1) is 23.2 Å². The Morgan fingerprint density at radius 1 is 1.00 bits per heavy atom. The SMILES string of the molecule is Nc1c(-c2nnc3n2N=C(c2ccc(F)cc2)CS3)cnn1-c1ccccc1. The van der Waals surface area contributed by atoms with Gasteiger partial charge in [0.15, 0.2) is 5.82 Å². The Kier molecular flexibility index (Phi) is 3.94. The fourth-order valence-corrected chi connectivity index (χ4v) is 3.82. The van der Waals surface area contributed by atoms with E-state index in [1.54, 1.807) is 27.7 Å². The number of benzene rings is 2. The first kappa shape index (κ1) is 16.7. The average Bonchev–Trinajstić information content (AvgIpc) is 3.32. The van der Waals surface area contributed by atoms with Crippen LogP contribution in [0.1, 0.15) is 5.56 Å². The van der Waals surface area contributed by atoms with Crippen molar-refractivity contribution in [2.75, 3.05) is 11.5 Å². The summed E-state index contributed by atoms with van der Waals surface area (Å²) in [6.45, 7) is 0. The van der Waals surface area contributed by atoms with Crippen LogP contribution >= 0.6 is 11.8 Å². The minimum absolute atomic E-state index is 0.278. The Hall–Kier alpha value is -3.46. The number of rotatable bonds is 3. The summed E-state index contributed by atoms with van der Waals surface area (Å²) >= 11 is 1.52. The lowest BCUT2D eigenvalue weighted by Crippen LogP contribution is -2.14. The van der Waals surface area contributed by atoms with Gasteiger partial charge in [0, 0.05) is 5.75 Å². The quantitative estimate of drug-likeness (QED) is 0.579. The second-order valence-electron chi connectivity index (χ2n) is 6.15. The topological polar surface area (TPSA) is 86.9 Å². The molecule has 4 aromatic rings. The van der Waals surface area contributed by atoms with Crippen LogP contribution in [0.15, 0.2) is 71.1 Å². The molecule has 0 aliphatic carbocycles. The first-order valence-corrected chi connectivity index (χ1v) is 9.50. The van der Waals surface area contributed by atoms with Gasteiger partial charge in [-0.15, -0.1) is 10.2 Å². The van der Waals surface area contributed by atoms with E-state index >= 15 is 0 Å². The molecule has 0 saturated heterocycles. The molecule has 0 unspecified atom stereocenters. The lowest BCUT2D eigenvalue weighted by molar-refractivity contribution is 0.627. The molecule has 1 aliphatic rings. The van der Waals surface area contributed by atoms with Gasteiger partial charge in [-0.25, -0.2) is 9.07 Å². The van der Waals surface area contributed by atoms with Crippen LogP contribution in [0, 0.1) is 5.82 Å². The summed E-state index contributed by atoms with van der Waals surface area (Å²) in [5.41, 5.74) is 9.51. The van der Waals surface area contributed by atoms with Gasteiger partial charge in [-0.3, -0.25) is 0 Å². The van der Waals surface area contributed by atoms with E-state index in [2.05, 4.69) is 20.4 Å². The summed E-state index contributed by atoms with van der Waals surface area (Å²) in [6.07, 6.45) is 1.66. The number of anilines is 1. The number of aromatic nitrogens is 5. The number of nitrogen functional groups attached to an aromatic ring is 1. The molecule has 0 fully saturated rings. The number of halogens is 1. The Morgan fingerprint density at radius 2 is 1.79 bits per heavy atom. The number of para-hydroxylation sites is 1. The van der Waals surface area contributed by atoms with E-state index in [0.717, 1.165) is 17.0 Å². The summed E-state index contributed by atoms with van der Waals surface area (Å²) in [5, 5.41) is 18.2. The number of nitrogens with two attached hydrogens (primary N) is 1. The molecule has 0 amide bonds. The fourth-order valence-electron chi connectivity index (χ4n) is 2.98. The summed E-state index contributed by atoms with van der Waals surface area (Å²) in [4.78, 5) is 0. The van der Waals surface area contributed by atoms with E-state index < -0.39 is 0 Å². The third kappa shape index (κ3) is 2.76. The highest BCUT2D eigenvalue weighted by Crippen LogP contribution is 2.31. The minimum Gasteiger partial charge on any atom is -0.383 e. The van der Waals surface area contributed by atoms with Crippen molar-refractivity contribution in [2.45, 2.75) is 5.16 Å². The van der Waals surface area contributed by atoms with Crippen LogP contribution in [-0.2, 0) is 0 Å². The number of nitrogens with zero attached hydrogens (tertiary/aromatic N) is 6. The van der Waals surface area contributed by atoms with Crippen LogP contribution in [0.2, 0.25) is 0 Å². The van der Waals surface area contributed by atoms with Gasteiger partial charge in [-0.1, -0.05) is 42.1 Å². The lowest BCUT2D eigenvalue weighted by atomic mass is 10.1. The molecule has 2 N–H and O–H groups in total. The lowest BCUT2D eigenvalue weighted by Gasteiger charge is -2.13. The highest BCUT2D eigenvalue weighted by molar-refractivity contribution is 7.99. The van der Waals surface area contributed by atoms with Crippen molar-refractivity contribution < 1.29 is 4.39 Å². The first-order valence-electron chi connectivity index (χ1n) is 8.52. The number of thioether (sulfide) groups is 1. The van der Waals surface area contributed by atoms with E-state index in [-0.39, 0.29) is 5.82 Å². The standard InChI is InChI=1S/C19H14FN7S/c20-13-8-6-12(7-9-13)16-11-28-19-24-23-18(27(19)25-16)15-10-22-26(17(15)21)14-4-2-1-3-5-14/h1-10H,11,21H2. The zero-order valence-electron chi connectivity index (χ0n) is 14.5. The van der Waals surface area contributed by atoms with Crippen LogP contribution in [0.4, 0.5) is 10.2 Å². The molecule has 0 saturated carbocycles. The van der Waals surface area contributed by atoms with Crippen molar-refractivity contribution in [1.29, 1.82) is 0 Å². The summed E-state index contributed by atoms with van der Waals surface area (Å²) in [6, 6.07) is 15.9. The third-order valence-corrected chi connectivity index (χ3v) is 5.33.